The molecule has 0 saturated carbocycles. The lowest BCUT2D eigenvalue weighted by Crippen LogP contribution is -2.36. The van der Waals surface area contributed by atoms with Crippen molar-refractivity contribution in [1.82, 2.24) is 4.72 Å². The van der Waals surface area contributed by atoms with Crippen LogP contribution in [0.2, 0.25) is 0 Å². The van der Waals surface area contributed by atoms with Crippen LogP contribution in [0, 0.1) is 0 Å². The summed E-state index contributed by atoms with van der Waals surface area (Å²) in [4.78, 5) is 0. The van der Waals surface area contributed by atoms with Gasteiger partial charge in [0.15, 0.2) is 9.84 Å². The van der Waals surface area contributed by atoms with Crippen molar-refractivity contribution in [2.24, 2.45) is 0 Å². The molecule has 0 unspecified atom stereocenters. The molecule has 1 N–H and O–H groups in total. The number of nitrogens with one attached hydrogen (secondary N) is 1. The highest BCUT2D eigenvalue weighted by atomic mass is 32.2. The molecule has 1 aromatic carbocycles. The molecule has 1 saturated heterocycles. The van der Waals surface area contributed by atoms with Gasteiger partial charge in [0, 0.05) is 6.04 Å². The van der Waals surface area contributed by atoms with Gasteiger partial charge >= 0.3 is 0 Å². The van der Waals surface area contributed by atoms with Gasteiger partial charge in [-0.05, 0) is 12.0 Å². The second-order valence-corrected chi connectivity index (χ2v) is 8.45. The third-order valence-electron chi connectivity index (χ3n) is 2.78. The maximum atomic E-state index is 11.9. The van der Waals surface area contributed by atoms with Gasteiger partial charge in [-0.25, -0.2) is 21.6 Å². The maximum absolute atomic E-state index is 11.9. The van der Waals surface area contributed by atoms with Crippen LogP contribution in [0.3, 0.4) is 0 Å². The first-order chi connectivity index (χ1) is 8.36. The van der Waals surface area contributed by atoms with Crippen LogP contribution < -0.4 is 4.72 Å². The Hall–Kier alpha value is -0.920. The van der Waals surface area contributed by atoms with Gasteiger partial charge in [0.1, 0.15) is 0 Å². The first kappa shape index (κ1) is 13.5. The van der Waals surface area contributed by atoms with Crippen LogP contribution >= 0.6 is 0 Å². The second kappa shape index (κ2) is 4.99. The molecule has 0 bridgehead atoms. The highest BCUT2D eigenvalue weighted by molar-refractivity contribution is 7.92. The SMILES string of the molecule is O=S1(=O)CC[C@@H](NS(=O)(=O)Cc2ccccc2)C1. The summed E-state index contributed by atoms with van der Waals surface area (Å²) < 4.78 is 48.7. The predicted molar refractivity (Wildman–Crippen MR) is 69.3 cm³/mol. The van der Waals surface area contributed by atoms with Gasteiger partial charge in [-0.15, -0.1) is 0 Å². The van der Waals surface area contributed by atoms with Crippen LogP contribution in [0.4, 0.5) is 0 Å². The van der Waals surface area contributed by atoms with Crippen molar-refractivity contribution in [3.8, 4) is 0 Å². The zero-order valence-electron chi connectivity index (χ0n) is 9.74. The zero-order valence-corrected chi connectivity index (χ0v) is 11.4. The number of benzene rings is 1. The molecule has 2 rings (SSSR count). The van der Waals surface area contributed by atoms with Gasteiger partial charge in [0.25, 0.3) is 0 Å². The topological polar surface area (TPSA) is 80.3 Å². The molecule has 1 aliphatic heterocycles. The van der Waals surface area contributed by atoms with E-state index >= 15 is 0 Å². The van der Waals surface area contributed by atoms with Gasteiger partial charge in [0.05, 0.1) is 17.3 Å². The van der Waals surface area contributed by atoms with Crippen LogP contribution in [-0.2, 0) is 25.6 Å². The fraction of sp³-hybridized carbons (Fsp3) is 0.455. The second-order valence-electron chi connectivity index (χ2n) is 4.46. The molecule has 1 fully saturated rings. The van der Waals surface area contributed by atoms with Crippen molar-refractivity contribution in [3.05, 3.63) is 35.9 Å². The minimum atomic E-state index is -3.48. The summed E-state index contributed by atoms with van der Waals surface area (Å²) in [5.74, 6) is -0.156. The Labute approximate surface area is 107 Å². The normalized spacial score (nSPS) is 23.0. The molecule has 1 heterocycles. The molecule has 7 heteroatoms. The maximum Gasteiger partial charge on any atom is 0.216 e. The number of hydrogen-bond acceptors (Lipinski definition) is 4. The Morgan fingerprint density at radius 1 is 1.22 bits per heavy atom. The summed E-state index contributed by atoms with van der Waals surface area (Å²) in [6.07, 6.45) is 0.357. The van der Waals surface area contributed by atoms with E-state index in [1.807, 2.05) is 6.07 Å². The molecular formula is C11H15NO4S2. The van der Waals surface area contributed by atoms with E-state index in [-0.39, 0.29) is 17.3 Å². The molecule has 1 aliphatic rings. The van der Waals surface area contributed by atoms with E-state index in [4.69, 9.17) is 0 Å². The van der Waals surface area contributed by atoms with Gasteiger partial charge in [-0.2, -0.15) is 0 Å². The number of hydrogen-bond donors (Lipinski definition) is 1. The Morgan fingerprint density at radius 3 is 2.44 bits per heavy atom. The van der Waals surface area contributed by atoms with E-state index in [1.165, 1.54) is 0 Å². The lowest BCUT2D eigenvalue weighted by molar-refractivity contribution is 0.561. The molecule has 100 valence electrons. The zero-order chi connectivity index (χ0) is 13.2. The summed E-state index contributed by atoms with van der Waals surface area (Å²) in [5.41, 5.74) is 0.686. The minimum absolute atomic E-state index is 0.0610. The molecule has 0 amide bonds. The van der Waals surface area contributed by atoms with Crippen LogP contribution in [0.25, 0.3) is 0 Å². The van der Waals surface area contributed by atoms with Gasteiger partial charge in [-0.3, -0.25) is 0 Å². The van der Waals surface area contributed by atoms with E-state index in [1.54, 1.807) is 24.3 Å². The number of sulfonamides is 1. The summed E-state index contributed by atoms with van der Waals surface area (Å²) in [5, 5.41) is 0. The van der Waals surface area contributed by atoms with Crippen LogP contribution in [0.1, 0.15) is 12.0 Å². The molecule has 0 radical (unpaired) electrons. The van der Waals surface area contributed by atoms with E-state index in [0.717, 1.165) is 0 Å². The minimum Gasteiger partial charge on any atom is -0.229 e. The van der Waals surface area contributed by atoms with Crippen molar-refractivity contribution in [1.29, 1.82) is 0 Å². The fourth-order valence-electron chi connectivity index (χ4n) is 1.98. The lowest BCUT2D eigenvalue weighted by atomic mass is 10.2. The van der Waals surface area contributed by atoms with Crippen molar-refractivity contribution in [2.75, 3.05) is 11.5 Å². The predicted octanol–water partition coefficient (Wildman–Crippen LogP) is 0.293. The molecule has 0 aliphatic carbocycles. The number of rotatable bonds is 4. The summed E-state index contributed by atoms with van der Waals surface area (Å²) in [7, 11) is -6.55. The Kier molecular flexibility index (Phi) is 3.74. The quantitative estimate of drug-likeness (QED) is 0.864. The smallest absolute Gasteiger partial charge is 0.216 e. The highest BCUT2D eigenvalue weighted by Gasteiger charge is 2.30. The van der Waals surface area contributed by atoms with Crippen LogP contribution in [-0.4, -0.2) is 34.4 Å². The van der Waals surface area contributed by atoms with Gasteiger partial charge in [0.2, 0.25) is 10.0 Å². The summed E-state index contributed by atoms with van der Waals surface area (Å²) in [6.45, 7) is 0. The molecular weight excluding hydrogens is 274 g/mol. The molecule has 1 atom stereocenters. The third kappa shape index (κ3) is 3.79. The van der Waals surface area contributed by atoms with Gasteiger partial charge in [-0.1, -0.05) is 30.3 Å². The third-order valence-corrected chi connectivity index (χ3v) is 5.95. The first-order valence-electron chi connectivity index (χ1n) is 5.61. The molecule has 5 nitrogen and oxygen atoms in total. The van der Waals surface area contributed by atoms with Crippen LogP contribution in [0.15, 0.2) is 30.3 Å². The average Bonchev–Trinajstić information content (AvgIpc) is 2.57. The van der Waals surface area contributed by atoms with Gasteiger partial charge < -0.3 is 0 Å². The van der Waals surface area contributed by atoms with E-state index in [9.17, 15) is 16.8 Å². The standard InChI is InChI=1S/C11H15NO4S2/c13-17(14)7-6-11(9-17)12-18(15,16)8-10-4-2-1-3-5-10/h1-5,11-12H,6-9H2/t11-/m1/s1. The Morgan fingerprint density at radius 2 is 1.89 bits per heavy atom. The molecule has 0 aromatic heterocycles. The Bertz CT molecular complexity index is 608. The molecule has 0 spiro atoms. The average molecular weight is 289 g/mol. The lowest BCUT2D eigenvalue weighted by Gasteiger charge is -2.11. The first-order valence-corrected chi connectivity index (χ1v) is 9.08. The van der Waals surface area contributed by atoms with Crippen molar-refractivity contribution in [3.63, 3.8) is 0 Å². The van der Waals surface area contributed by atoms with Crippen molar-refractivity contribution in [2.45, 2.75) is 18.2 Å². The van der Waals surface area contributed by atoms with Crippen molar-refractivity contribution < 1.29 is 16.8 Å². The fourth-order valence-corrected chi connectivity index (χ4v) is 5.18. The van der Waals surface area contributed by atoms with Crippen molar-refractivity contribution >= 4 is 19.9 Å². The molecule has 1 aromatic rings. The van der Waals surface area contributed by atoms with E-state index < -0.39 is 25.9 Å². The van der Waals surface area contributed by atoms with E-state index in [0.29, 0.717) is 12.0 Å². The Balaban J connectivity index is 2.01. The largest absolute Gasteiger partial charge is 0.229 e. The van der Waals surface area contributed by atoms with E-state index in [2.05, 4.69) is 4.72 Å². The number of sulfone groups is 1. The summed E-state index contributed by atoms with van der Waals surface area (Å²) in [6, 6.07) is 8.32. The highest BCUT2D eigenvalue weighted by Crippen LogP contribution is 2.13. The summed E-state index contributed by atoms with van der Waals surface area (Å²) >= 11 is 0. The molecule has 18 heavy (non-hydrogen) atoms. The monoisotopic (exact) mass is 289 g/mol. The van der Waals surface area contributed by atoms with Crippen LogP contribution in [0.5, 0.6) is 0 Å².